The molecule has 118 valence electrons. The summed E-state index contributed by atoms with van der Waals surface area (Å²) in [6.45, 7) is 0. The van der Waals surface area contributed by atoms with Crippen molar-refractivity contribution < 1.29 is 15.0 Å². The summed E-state index contributed by atoms with van der Waals surface area (Å²) in [4.78, 5) is 20.0. The number of nitrogens with zero attached hydrogens (tertiary/aromatic N) is 3. The zero-order valence-corrected chi connectivity index (χ0v) is 12.9. The number of nitro groups is 2. The van der Waals surface area contributed by atoms with Crippen LogP contribution in [0.25, 0.3) is 0 Å². The highest BCUT2D eigenvalue weighted by molar-refractivity contribution is 9.10. The van der Waals surface area contributed by atoms with Crippen LogP contribution in [0.2, 0.25) is 0 Å². The van der Waals surface area contributed by atoms with Crippen molar-refractivity contribution in [2.24, 2.45) is 5.10 Å². The fraction of sp³-hybridized carbons (Fsp3) is 0. The van der Waals surface area contributed by atoms with Crippen molar-refractivity contribution in [3.63, 3.8) is 0 Å². The summed E-state index contributed by atoms with van der Waals surface area (Å²) in [5, 5.41) is 35.3. The molecule has 0 unspecified atom stereocenters. The zero-order valence-electron chi connectivity index (χ0n) is 11.3. The molecule has 0 aliphatic carbocycles. The van der Waals surface area contributed by atoms with Crippen molar-refractivity contribution >= 4 is 39.2 Å². The summed E-state index contributed by atoms with van der Waals surface area (Å²) in [7, 11) is 0. The number of anilines is 1. The number of benzene rings is 2. The third-order valence-corrected chi connectivity index (χ3v) is 3.28. The van der Waals surface area contributed by atoms with Crippen molar-refractivity contribution in [2.45, 2.75) is 0 Å². The lowest BCUT2D eigenvalue weighted by molar-refractivity contribution is -0.394. The summed E-state index contributed by atoms with van der Waals surface area (Å²) < 4.78 is 0.874. The summed E-state index contributed by atoms with van der Waals surface area (Å²) in [6, 6.07) is 8.67. The van der Waals surface area contributed by atoms with E-state index in [1.165, 1.54) is 0 Å². The van der Waals surface area contributed by atoms with Crippen LogP contribution in [0.3, 0.4) is 0 Å². The van der Waals surface area contributed by atoms with Crippen LogP contribution in [0.5, 0.6) is 5.75 Å². The lowest BCUT2D eigenvalue weighted by atomic mass is 10.1. The number of hydrogen-bond donors (Lipinski definition) is 2. The maximum atomic E-state index is 10.8. The fourth-order valence-corrected chi connectivity index (χ4v) is 1.93. The monoisotopic (exact) mass is 380 g/mol. The van der Waals surface area contributed by atoms with E-state index in [1.54, 1.807) is 24.3 Å². The van der Waals surface area contributed by atoms with E-state index in [-0.39, 0.29) is 5.56 Å². The van der Waals surface area contributed by atoms with Gasteiger partial charge < -0.3 is 5.11 Å². The van der Waals surface area contributed by atoms with Gasteiger partial charge in [0.2, 0.25) is 5.75 Å². The average molecular weight is 381 g/mol. The van der Waals surface area contributed by atoms with E-state index in [4.69, 9.17) is 0 Å². The first-order valence-electron chi connectivity index (χ1n) is 6.09. The first kappa shape index (κ1) is 16.4. The molecule has 2 N–H and O–H groups in total. The number of hydrazone groups is 1. The van der Waals surface area contributed by atoms with Crippen LogP contribution < -0.4 is 5.43 Å². The number of hydrogen-bond acceptors (Lipinski definition) is 7. The molecule has 0 atom stereocenters. The van der Waals surface area contributed by atoms with Gasteiger partial charge in [0.15, 0.2) is 0 Å². The molecule has 0 bridgehead atoms. The standard InChI is InChI=1S/C13H9BrN4O5/c14-9-1-3-10(4-2-9)16-15-7-8-5-11(17(20)21)6-12(13(8)19)18(22)23/h1-7,16,19H/b15-7+. The molecular weight excluding hydrogens is 372 g/mol. The predicted octanol–water partition coefficient (Wildman–Crippen LogP) is 3.42. The highest BCUT2D eigenvalue weighted by Crippen LogP contribution is 2.33. The zero-order chi connectivity index (χ0) is 17.0. The molecule has 2 aromatic rings. The molecule has 0 aliphatic heterocycles. The van der Waals surface area contributed by atoms with Gasteiger partial charge in [-0.1, -0.05) is 15.9 Å². The number of aromatic hydroxyl groups is 1. The van der Waals surface area contributed by atoms with Gasteiger partial charge in [-0.2, -0.15) is 5.10 Å². The number of nitro benzene ring substituents is 2. The minimum Gasteiger partial charge on any atom is -0.502 e. The van der Waals surface area contributed by atoms with Crippen LogP contribution in [0.15, 0.2) is 46.0 Å². The highest BCUT2D eigenvalue weighted by Gasteiger charge is 2.22. The molecule has 0 amide bonds. The summed E-state index contributed by atoms with van der Waals surface area (Å²) in [6.07, 6.45) is 1.07. The van der Waals surface area contributed by atoms with Crippen molar-refractivity contribution in [3.05, 3.63) is 66.7 Å². The average Bonchev–Trinajstić information content (AvgIpc) is 2.50. The van der Waals surface area contributed by atoms with Gasteiger partial charge in [-0.3, -0.25) is 25.7 Å². The van der Waals surface area contributed by atoms with Gasteiger partial charge in [-0.05, 0) is 24.3 Å². The number of nitrogens with one attached hydrogen (secondary N) is 1. The Morgan fingerprint density at radius 1 is 1.13 bits per heavy atom. The molecule has 0 aromatic heterocycles. The Balaban J connectivity index is 2.30. The number of halogens is 1. The number of phenols is 1. The fourth-order valence-electron chi connectivity index (χ4n) is 1.67. The molecule has 10 heteroatoms. The molecule has 0 aliphatic rings. The molecular formula is C13H9BrN4O5. The molecule has 0 radical (unpaired) electrons. The second kappa shape index (κ2) is 6.83. The Bertz CT molecular complexity index is 792. The Kier molecular flexibility index (Phi) is 4.86. The normalized spacial score (nSPS) is 10.7. The van der Waals surface area contributed by atoms with Gasteiger partial charge in [-0.15, -0.1) is 0 Å². The van der Waals surface area contributed by atoms with Gasteiger partial charge in [0.1, 0.15) is 0 Å². The van der Waals surface area contributed by atoms with E-state index in [0.717, 1.165) is 16.8 Å². The van der Waals surface area contributed by atoms with E-state index >= 15 is 0 Å². The summed E-state index contributed by atoms with van der Waals surface area (Å²) >= 11 is 3.28. The third-order valence-electron chi connectivity index (χ3n) is 2.75. The van der Waals surface area contributed by atoms with Crippen LogP contribution in [0.1, 0.15) is 5.56 Å². The van der Waals surface area contributed by atoms with Gasteiger partial charge in [0.25, 0.3) is 5.69 Å². The molecule has 0 heterocycles. The largest absolute Gasteiger partial charge is 0.502 e. The van der Waals surface area contributed by atoms with Crippen molar-refractivity contribution in [2.75, 3.05) is 5.43 Å². The Morgan fingerprint density at radius 3 is 2.35 bits per heavy atom. The molecule has 23 heavy (non-hydrogen) atoms. The van der Waals surface area contributed by atoms with Crippen LogP contribution in [0, 0.1) is 20.2 Å². The maximum Gasteiger partial charge on any atom is 0.318 e. The van der Waals surface area contributed by atoms with Crippen LogP contribution >= 0.6 is 15.9 Å². The second-order valence-electron chi connectivity index (χ2n) is 4.29. The van der Waals surface area contributed by atoms with Crippen LogP contribution in [-0.4, -0.2) is 21.2 Å². The molecule has 0 saturated carbocycles. The molecule has 2 rings (SSSR count). The predicted molar refractivity (Wildman–Crippen MR) is 86.8 cm³/mol. The Labute approximate surface area is 137 Å². The molecule has 0 spiro atoms. The first-order valence-corrected chi connectivity index (χ1v) is 6.88. The van der Waals surface area contributed by atoms with Crippen LogP contribution in [-0.2, 0) is 0 Å². The summed E-state index contributed by atoms with van der Waals surface area (Å²) in [5.74, 6) is -0.693. The lowest BCUT2D eigenvalue weighted by Crippen LogP contribution is -1.97. The van der Waals surface area contributed by atoms with E-state index < -0.39 is 27.0 Å². The van der Waals surface area contributed by atoms with Gasteiger partial charge in [-0.25, -0.2) is 0 Å². The van der Waals surface area contributed by atoms with Gasteiger partial charge in [0.05, 0.1) is 33.4 Å². The SMILES string of the molecule is O=[N+]([O-])c1cc(/C=N/Nc2ccc(Br)cc2)c(O)c([N+](=O)[O-])c1. The molecule has 0 fully saturated rings. The lowest BCUT2D eigenvalue weighted by Gasteiger charge is -2.02. The third kappa shape index (κ3) is 4.01. The van der Waals surface area contributed by atoms with Crippen molar-refractivity contribution in [1.82, 2.24) is 0 Å². The Morgan fingerprint density at radius 2 is 1.78 bits per heavy atom. The minimum atomic E-state index is -0.901. The molecule has 2 aromatic carbocycles. The molecule has 0 saturated heterocycles. The topological polar surface area (TPSA) is 131 Å². The van der Waals surface area contributed by atoms with E-state index in [1.807, 2.05) is 0 Å². The number of non-ortho nitro benzene ring substituents is 1. The number of phenolic OH excluding ortho intramolecular Hbond substituents is 1. The quantitative estimate of drug-likeness (QED) is 0.464. The smallest absolute Gasteiger partial charge is 0.318 e. The van der Waals surface area contributed by atoms with E-state index in [0.29, 0.717) is 11.8 Å². The van der Waals surface area contributed by atoms with Crippen LogP contribution in [0.4, 0.5) is 17.1 Å². The minimum absolute atomic E-state index is 0.143. The van der Waals surface area contributed by atoms with Gasteiger partial charge in [0, 0.05) is 10.5 Å². The maximum absolute atomic E-state index is 10.8. The highest BCUT2D eigenvalue weighted by atomic mass is 79.9. The van der Waals surface area contributed by atoms with E-state index in [2.05, 4.69) is 26.5 Å². The van der Waals surface area contributed by atoms with Crippen molar-refractivity contribution in [1.29, 1.82) is 0 Å². The van der Waals surface area contributed by atoms with Gasteiger partial charge >= 0.3 is 5.69 Å². The first-order chi connectivity index (χ1) is 10.9. The Hall–Kier alpha value is -3.01. The number of rotatable bonds is 5. The van der Waals surface area contributed by atoms with Crippen molar-refractivity contribution in [3.8, 4) is 5.75 Å². The van der Waals surface area contributed by atoms with E-state index in [9.17, 15) is 25.3 Å². The molecule has 9 nitrogen and oxygen atoms in total. The second-order valence-corrected chi connectivity index (χ2v) is 5.21. The summed E-state index contributed by atoms with van der Waals surface area (Å²) in [5.41, 5.74) is 1.85.